The number of likely N-dealkylation sites (N-methyl/N-ethyl adjacent to an activating group) is 1. The van der Waals surface area contributed by atoms with Gasteiger partial charge in [-0.05, 0) is 36.4 Å². The maximum atomic E-state index is 14.4. The molecule has 1 aliphatic carbocycles. The summed E-state index contributed by atoms with van der Waals surface area (Å²) in [6.07, 6.45) is 8.07. The third-order valence-corrected chi connectivity index (χ3v) is 6.18. The molecule has 1 aromatic carbocycles. The normalized spacial score (nSPS) is 24.1. The number of nitrogens with zero attached hydrogens (tertiary/aromatic N) is 3. The highest BCUT2D eigenvalue weighted by Gasteiger charge is 2.40. The van der Waals surface area contributed by atoms with Gasteiger partial charge in [0.2, 0.25) is 0 Å². The first-order valence-corrected chi connectivity index (χ1v) is 10.1. The van der Waals surface area contributed by atoms with E-state index >= 15 is 0 Å². The third kappa shape index (κ3) is 3.73. The molecule has 4 rings (SSSR count). The number of hydrogen-bond donors (Lipinski definition) is 0. The van der Waals surface area contributed by atoms with Gasteiger partial charge in [-0.3, -0.25) is 0 Å². The van der Waals surface area contributed by atoms with Crippen molar-refractivity contribution in [2.24, 2.45) is 5.41 Å². The summed E-state index contributed by atoms with van der Waals surface area (Å²) in [5.41, 5.74) is 1.77. The number of urea groups is 1. The van der Waals surface area contributed by atoms with Crippen molar-refractivity contribution >= 4 is 11.6 Å². The van der Waals surface area contributed by atoms with E-state index in [1.807, 2.05) is 30.2 Å². The second kappa shape index (κ2) is 7.41. The predicted molar refractivity (Wildman–Crippen MR) is 110 cm³/mol. The number of halogens is 2. The number of hydrogen-bond acceptors (Lipinski definition) is 2. The number of piperazine rings is 1. The van der Waals surface area contributed by atoms with E-state index in [1.165, 1.54) is 6.07 Å². The minimum Gasteiger partial charge on any atom is -0.322 e. The fraction of sp³-hybridized carbons (Fsp3) is 0.435. The van der Waals surface area contributed by atoms with Crippen LogP contribution in [-0.4, -0.2) is 66.5 Å². The number of carbonyl (C=O) groups excluding carboxylic acids is 1. The molecule has 0 aromatic heterocycles. The zero-order valence-electron chi connectivity index (χ0n) is 17.2. The molecule has 6 heteroatoms. The minimum absolute atomic E-state index is 0.0465. The quantitative estimate of drug-likeness (QED) is 0.754. The van der Waals surface area contributed by atoms with E-state index in [9.17, 15) is 13.6 Å². The molecule has 1 fully saturated rings. The van der Waals surface area contributed by atoms with Crippen LogP contribution >= 0.6 is 0 Å². The Bertz CT molecular complexity index is 911. The summed E-state index contributed by atoms with van der Waals surface area (Å²) in [7, 11) is 2.05. The summed E-state index contributed by atoms with van der Waals surface area (Å²) in [4.78, 5) is 19.3. The monoisotopic (exact) mass is 399 g/mol. The summed E-state index contributed by atoms with van der Waals surface area (Å²) in [5, 5.41) is 0. The zero-order valence-corrected chi connectivity index (χ0v) is 17.2. The van der Waals surface area contributed by atoms with E-state index in [4.69, 9.17) is 0 Å². The topological polar surface area (TPSA) is 26.8 Å². The molecule has 2 amide bonds. The Morgan fingerprint density at radius 1 is 1.14 bits per heavy atom. The Hall–Kier alpha value is -2.47. The number of benzene rings is 1. The molecule has 0 saturated carbocycles. The largest absolute Gasteiger partial charge is 0.322 e. The lowest BCUT2D eigenvalue weighted by Crippen LogP contribution is -2.53. The first-order valence-electron chi connectivity index (χ1n) is 10.1. The van der Waals surface area contributed by atoms with Gasteiger partial charge in [0.25, 0.3) is 0 Å². The first-order chi connectivity index (χ1) is 13.8. The van der Waals surface area contributed by atoms with Crippen LogP contribution < -0.4 is 0 Å². The van der Waals surface area contributed by atoms with Crippen molar-refractivity contribution in [3.8, 4) is 0 Å². The number of allylic oxidation sites excluding steroid dienone is 3. The maximum Gasteiger partial charge on any atom is 0.321 e. The van der Waals surface area contributed by atoms with Crippen LogP contribution in [0.1, 0.15) is 19.4 Å². The van der Waals surface area contributed by atoms with Crippen LogP contribution in [0.25, 0.3) is 5.57 Å². The highest BCUT2D eigenvalue weighted by atomic mass is 19.1. The summed E-state index contributed by atoms with van der Waals surface area (Å²) >= 11 is 0. The number of rotatable bonds is 2. The summed E-state index contributed by atoms with van der Waals surface area (Å²) in [6, 6.07) is 3.16. The molecule has 1 aromatic rings. The molecule has 3 aliphatic rings. The van der Waals surface area contributed by atoms with Gasteiger partial charge in [0.05, 0.1) is 6.04 Å². The van der Waals surface area contributed by atoms with Gasteiger partial charge in [-0.15, -0.1) is 0 Å². The molecular weight excluding hydrogens is 372 g/mol. The average Bonchev–Trinajstić information content (AvgIpc) is 3.26. The fourth-order valence-corrected chi connectivity index (χ4v) is 4.34. The van der Waals surface area contributed by atoms with Gasteiger partial charge in [-0.2, -0.15) is 0 Å². The molecule has 0 spiro atoms. The number of amides is 2. The molecule has 0 bridgehead atoms. The van der Waals surface area contributed by atoms with Crippen molar-refractivity contribution in [2.45, 2.75) is 19.9 Å². The van der Waals surface area contributed by atoms with Crippen LogP contribution in [0.5, 0.6) is 0 Å². The van der Waals surface area contributed by atoms with Gasteiger partial charge >= 0.3 is 6.03 Å². The highest BCUT2D eigenvalue weighted by molar-refractivity contribution is 5.83. The lowest BCUT2D eigenvalue weighted by molar-refractivity contribution is 0.123. The molecule has 0 N–H and O–H groups in total. The van der Waals surface area contributed by atoms with Crippen LogP contribution in [0.15, 0.2) is 48.1 Å². The Labute approximate surface area is 170 Å². The van der Waals surface area contributed by atoms with Gasteiger partial charge < -0.3 is 14.7 Å². The third-order valence-electron chi connectivity index (χ3n) is 6.18. The second-order valence-electron chi connectivity index (χ2n) is 8.66. The first kappa shape index (κ1) is 19.8. The maximum absolute atomic E-state index is 14.4. The van der Waals surface area contributed by atoms with Crippen molar-refractivity contribution in [1.82, 2.24) is 14.7 Å². The minimum atomic E-state index is -0.482. The smallest absolute Gasteiger partial charge is 0.321 e. The van der Waals surface area contributed by atoms with Crippen molar-refractivity contribution in [2.75, 3.05) is 39.8 Å². The van der Waals surface area contributed by atoms with Crippen molar-refractivity contribution in [3.05, 3.63) is 65.3 Å². The van der Waals surface area contributed by atoms with Crippen molar-refractivity contribution in [1.29, 1.82) is 0 Å². The molecule has 1 unspecified atom stereocenters. The molecule has 1 atom stereocenters. The van der Waals surface area contributed by atoms with Gasteiger partial charge in [0, 0.05) is 43.7 Å². The Balaban J connectivity index is 1.67. The van der Waals surface area contributed by atoms with E-state index in [-0.39, 0.29) is 29.6 Å². The van der Waals surface area contributed by atoms with Gasteiger partial charge in [0.1, 0.15) is 11.6 Å². The van der Waals surface area contributed by atoms with Crippen LogP contribution in [0.4, 0.5) is 13.6 Å². The van der Waals surface area contributed by atoms with E-state index in [0.29, 0.717) is 18.7 Å². The Kier molecular flexibility index (Phi) is 5.07. The molecular formula is C23H27F2N3O. The summed E-state index contributed by atoms with van der Waals surface area (Å²) in [5.74, 6) is -0.951. The van der Waals surface area contributed by atoms with Crippen LogP contribution in [0, 0.1) is 17.0 Å². The molecule has 1 saturated heterocycles. The molecule has 4 nitrogen and oxygen atoms in total. The molecule has 154 valence electrons. The van der Waals surface area contributed by atoms with E-state index < -0.39 is 11.6 Å². The average molecular weight is 399 g/mol. The Morgan fingerprint density at radius 3 is 2.52 bits per heavy atom. The van der Waals surface area contributed by atoms with Crippen molar-refractivity contribution in [3.63, 3.8) is 0 Å². The van der Waals surface area contributed by atoms with E-state index in [1.54, 1.807) is 4.90 Å². The van der Waals surface area contributed by atoms with Gasteiger partial charge in [0.15, 0.2) is 0 Å². The fourth-order valence-electron chi connectivity index (χ4n) is 4.34. The van der Waals surface area contributed by atoms with Crippen molar-refractivity contribution < 1.29 is 13.6 Å². The Morgan fingerprint density at radius 2 is 1.86 bits per heavy atom. The highest BCUT2D eigenvalue weighted by Crippen LogP contribution is 2.41. The standard InChI is InChI=1S/C23H27F2N3O/c1-23(2)8-4-5-19(23)21-13-16(18-14-17(24)6-7-20(18)25)15-28(21)22(29)27-11-9-26(3)10-12-27/h4-8,13-14,21H,9-12,15H2,1-3H3. The molecule has 29 heavy (non-hydrogen) atoms. The SMILES string of the molecule is CN1CCN(C(=O)N2CC(c3cc(F)ccc3F)=CC2C2=CC=CC2(C)C)CC1. The van der Waals surface area contributed by atoms with E-state index in [0.717, 1.165) is 30.8 Å². The van der Waals surface area contributed by atoms with Crippen LogP contribution in [-0.2, 0) is 0 Å². The summed E-state index contributed by atoms with van der Waals surface area (Å²) in [6.45, 7) is 7.48. The number of carbonyl (C=O) groups is 1. The predicted octanol–water partition coefficient (Wildman–Crippen LogP) is 3.92. The zero-order chi connectivity index (χ0) is 20.8. The van der Waals surface area contributed by atoms with Crippen LogP contribution in [0.2, 0.25) is 0 Å². The van der Waals surface area contributed by atoms with Gasteiger partial charge in [-0.1, -0.05) is 38.2 Å². The summed E-state index contributed by atoms with van der Waals surface area (Å²) < 4.78 is 28.2. The van der Waals surface area contributed by atoms with E-state index in [2.05, 4.69) is 24.8 Å². The second-order valence-corrected chi connectivity index (χ2v) is 8.66. The molecule has 0 radical (unpaired) electrons. The van der Waals surface area contributed by atoms with Crippen LogP contribution in [0.3, 0.4) is 0 Å². The lowest BCUT2D eigenvalue weighted by Gasteiger charge is -2.38. The lowest BCUT2D eigenvalue weighted by atomic mass is 9.82. The molecule has 2 heterocycles. The molecule has 2 aliphatic heterocycles. The van der Waals surface area contributed by atoms with Gasteiger partial charge in [-0.25, -0.2) is 13.6 Å².